The van der Waals surface area contributed by atoms with E-state index < -0.39 is 29.4 Å². The molecule has 10 heteroatoms. The molecular formula is C22H18F6N2O2. The van der Waals surface area contributed by atoms with E-state index in [0.717, 1.165) is 0 Å². The number of primary amides is 1. The highest BCUT2D eigenvalue weighted by Gasteiger charge is 2.37. The summed E-state index contributed by atoms with van der Waals surface area (Å²) in [6.07, 6.45) is -9.92. The van der Waals surface area contributed by atoms with Gasteiger partial charge in [0.15, 0.2) is 0 Å². The molecule has 2 aromatic carbocycles. The molecule has 0 saturated carbocycles. The van der Waals surface area contributed by atoms with Crippen LogP contribution in [0.3, 0.4) is 0 Å². The van der Waals surface area contributed by atoms with Crippen molar-refractivity contribution in [1.29, 1.82) is 0 Å². The lowest BCUT2D eigenvalue weighted by molar-refractivity contribution is -0.143. The molecule has 0 bridgehead atoms. The summed E-state index contributed by atoms with van der Waals surface area (Å²) in [6, 6.07) is 9.44. The minimum atomic E-state index is -4.96. The summed E-state index contributed by atoms with van der Waals surface area (Å²) >= 11 is 0. The zero-order valence-electron chi connectivity index (χ0n) is 16.9. The first-order chi connectivity index (χ1) is 14.8. The standard InChI is InChI=1S/C22H18F6N2O2/c1-12-18(20(29)31)10-19(14-3-5-17(32-2)6-4-14)30(12)11-13-7-15(21(23,24)25)9-16(8-13)22(26,27)28/h3-10H,11H2,1-2H3,(H2,29,31). The van der Waals surface area contributed by atoms with Crippen LogP contribution in [0.25, 0.3) is 11.3 Å². The number of halogens is 6. The number of carbonyl (C=O) groups excluding carboxylic acids is 1. The average Bonchev–Trinajstić information content (AvgIpc) is 3.03. The third-order valence-corrected chi connectivity index (χ3v) is 5.01. The first-order valence-electron chi connectivity index (χ1n) is 9.24. The highest BCUT2D eigenvalue weighted by molar-refractivity contribution is 5.95. The molecule has 1 heterocycles. The van der Waals surface area contributed by atoms with Crippen molar-refractivity contribution in [3.05, 3.63) is 76.5 Å². The van der Waals surface area contributed by atoms with Crippen molar-refractivity contribution in [3.63, 3.8) is 0 Å². The highest BCUT2D eigenvalue weighted by Crippen LogP contribution is 2.37. The molecule has 170 valence electrons. The minimum absolute atomic E-state index is 0.0746. The zero-order valence-corrected chi connectivity index (χ0v) is 16.9. The largest absolute Gasteiger partial charge is 0.497 e. The Morgan fingerprint density at radius 3 is 1.91 bits per heavy atom. The van der Waals surface area contributed by atoms with Crippen LogP contribution in [-0.4, -0.2) is 17.6 Å². The summed E-state index contributed by atoms with van der Waals surface area (Å²) in [7, 11) is 1.47. The average molecular weight is 456 g/mol. The fourth-order valence-electron chi connectivity index (χ4n) is 3.39. The van der Waals surface area contributed by atoms with Crippen molar-refractivity contribution in [3.8, 4) is 17.0 Å². The molecule has 3 aromatic rings. The topological polar surface area (TPSA) is 57.2 Å². The molecule has 2 N–H and O–H groups in total. The number of alkyl halides is 6. The van der Waals surface area contributed by atoms with Gasteiger partial charge in [0.25, 0.3) is 5.91 Å². The van der Waals surface area contributed by atoms with Crippen LogP contribution in [-0.2, 0) is 18.9 Å². The molecule has 0 spiro atoms. The molecule has 4 nitrogen and oxygen atoms in total. The van der Waals surface area contributed by atoms with Crippen LogP contribution < -0.4 is 10.5 Å². The van der Waals surface area contributed by atoms with Gasteiger partial charge in [0, 0.05) is 17.9 Å². The number of aromatic nitrogens is 1. The predicted octanol–water partition coefficient (Wildman–Crippen LogP) is 5.66. The Morgan fingerprint density at radius 1 is 0.938 bits per heavy atom. The van der Waals surface area contributed by atoms with Gasteiger partial charge in [-0.05, 0) is 66.6 Å². The first kappa shape index (κ1) is 23.2. The number of hydrogen-bond acceptors (Lipinski definition) is 2. The second-order valence-corrected chi connectivity index (χ2v) is 7.12. The molecule has 0 aliphatic rings. The zero-order chi connectivity index (χ0) is 23.8. The van der Waals surface area contributed by atoms with Gasteiger partial charge in [-0.3, -0.25) is 4.79 Å². The van der Waals surface area contributed by atoms with Crippen LogP contribution in [0.15, 0.2) is 48.5 Å². The van der Waals surface area contributed by atoms with Crippen LogP contribution >= 0.6 is 0 Å². The van der Waals surface area contributed by atoms with Gasteiger partial charge >= 0.3 is 12.4 Å². The Kier molecular flexibility index (Phi) is 5.99. The van der Waals surface area contributed by atoms with Gasteiger partial charge in [0.05, 0.1) is 23.8 Å². The molecule has 0 unspecified atom stereocenters. The third-order valence-electron chi connectivity index (χ3n) is 5.01. The van der Waals surface area contributed by atoms with Crippen LogP contribution in [0.1, 0.15) is 32.7 Å². The van der Waals surface area contributed by atoms with Crippen LogP contribution in [0.5, 0.6) is 5.75 Å². The molecule has 0 saturated heterocycles. The summed E-state index contributed by atoms with van der Waals surface area (Å²) in [5.41, 5.74) is 3.77. The number of nitrogens with zero attached hydrogens (tertiary/aromatic N) is 1. The monoisotopic (exact) mass is 456 g/mol. The number of nitrogens with two attached hydrogens (primary N) is 1. The summed E-state index contributed by atoms with van der Waals surface area (Å²) in [5.74, 6) is -0.220. The Bertz CT molecular complexity index is 1110. The second kappa shape index (κ2) is 8.25. The summed E-state index contributed by atoms with van der Waals surface area (Å²) in [4.78, 5) is 11.8. The number of ether oxygens (including phenoxy) is 1. The van der Waals surface area contributed by atoms with Crippen LogP contribution in [0.2, 0.25) is 0 Å². The Balaban J connectivity index is 2.17. The number of hydrogen-bond donors (Lipinski definition) is 1. The van der Waals surface area contributed by atoms with E-state index in [0.29, 0.717) is 34.8 Å². The lowest BCUT2D eigenvalue weighted by atomic mass is 10.0. The lowest BCUT2D eigenvalue weighted by Gasteiger charge is -2.17. The van der Waals surface area contributed by atoms with Gasteiger partial charge in [-0.1, -0.05) is 0 Å². The number of amides is 1. The summed E-state index contributed by atoms with van der Waals surface area (Å²) in [5, 5.41) is 0. The van der Waals surface area contributed by atoms with E-state index in [4.69, 9.17) is 10.5 Å². The van der Waals surface area contributed by atoms with Crippen molar-refractivity contribution in [2.75, 3.05) is 7.11 Å². The van der Waals surface area contributed by atoms with E-state index >= 15 is 0 Å². The lowest BCUT2D eigenvalue weighted by Crippen LogP contribution is -2.14. The third kappa shape index (κ3) is 4.74. The van der Waals surface area contributed by atoms with E-state index in [1.165, 1.54) is 24.7 Å². The van der Waals surface area contributed by atoms with Crippen molar-refractivity contribution >= 4 is 5.91 Å². The van der Waals surface area contributed by atoms with Crippen molar-refractivity contribution in [1.82, 2.24) is 4.57 Å². The van der Waals surface area contributed by atoms with Gasteiger partial charge in [0.2, 0.25) is 0 Å². The van der Waals surface area contributed by atoms with Crippen molar-refractivity contribution in [2.45, 2.75) is 25.8 Å². The number of rotatable bonds is 5. The van der Waals surface area contributed by atoms with Crippen LogP contribution in [0, 0.1) is 6.92 Å². The van der Waals surface area contributed by atoms with Gasteiger partial charge in [0.1, 0.15) is 5.75 Å². The molecular weight excluding hydrogens is 438 g/mol. The van der Waals surface area contributed by atoms with Crippen molar-refractivity contribution in [2.24, 2.45) is 5.73 Å². The SMILES string of the molecule is COc1ccc(-c2cc(C(N)=O)c(C)n2Cc2cc(C(F)(F)F)cc(C(F)(F)F)c2)cc1. The quantitative estimate of drug-likeness (QED) is 0.504. The van der Waals surface area contributed by atoms with Gasteiger partial charge in [-0.15, -0.1) is 0 Å². The molecule has 1 amide bonds. The number of methoxy groups -OCH3 is 1. The normalized spacial score (nSPS) is 12.1. The fraction of sp³-hybridized carbons (Fsp3) is 0.227. The number of carbonyl (C=O) groups is 1. The molecule has 3 rings (SSSR count). The van der Waals surface area contributed by atoms with E-state index in [2.05, 4.69) is 0 Å². The molecule has 0 atom stereocenters. The van der Waals surface area contributed by atoms with E-state index in [1.54, 1.807) is 24.3 Å². The van der Waals surface area contributed by atoms with Gasteiger partial charge in [-0.2, -0.15) is 26.3 Å². The first-order valence-corrected chi connectivity index (χ1v) is 9.24. The molecule has 0 radical (unpaired) electrons. The number of benzene rings is 2. The maximum atomic E-state index is 13.2. The Hall–Kier alpha value is -3.43. The van der Waals surface area contributed by atoms with Gasteiger partial charge < -0.3 is 15.0 Å². The molecule has 0 fully saturated rings. The van der Waals surface area contributed by atoms with Crippen molar-refractivity contribution < 1.29 is 35.9 Å². The van der Waals surface area contributed by atoms with Gasteiger partial charge in [-0.25, -0.2) is 0 Å². The predicted molar refractivity (Wildman–Crippen MR) is 105 cm³/mol. The molecule has 0 aliphatic heterocycles. The minimum Gasteiger partial charge on any atom is -0.497 e. The summed E-state index contributed by atoms with van der Waals surface area (Å²) < 4.78 is 85.9. The maximum Gasteiger partial charge on any atom is 0.416 e. The fourth-order valence-corrected chi connectivity index (χ4v) is 3.39. The van der Waals surface area contributed by atoms with E-state index in [9.17, 15) is 31.1 Å². The van der Waals surface area contributed by atoms with E-state index in [1.807, 2.05) is 0 Å². The Morgan fingerprint density at radius 2 is 1.47 bits per heavy atom. The van der Waals surface area contributed by atoms with E-state index in [-0.39, 0.29) is 23.7 Å². The molecule has 1 aromatic heterocycles. The van der Waals surface area contributed by atoms with Crippen LogP contribution in [0.4, 0.5) is 26.3 Å². The Labute approximate surface area is 179 Å². The summed E-state index contributed by atoms with van der Waals surface area (Å²) in [6.45, 7) is 1.18. The smallest absolute Gasteiger partial charge is 0.416 e. The maximum absolute atomic E-state index is 13.2. The molecule has 32 heavy (non-hydrogen) atoms. The second-order valence-electron chi connectivity index (χ2n) is 7.12. The molecule has 0 aliphatic carbocycles. The highest BCUT2D eigenvalue weighted by atomic mass is 19.4.